The largest absolute Gasteiger partial charge is 0.444 e. The zero-order chi connectivity index (χ0) is 16.0. The van der Waals surface area contributed by atoms with E-state index >= 15 is 0 Å². The van der Waals surface area contributed by atoms with E-state index in [0.717, 1.165) is 37.0 Å². The maximum absolute atomic E-state index is 12.2. The number of nitrogens with one attached hydrogen (secondary N) is 2. The number of hydrogen-bond acceptors (Lipinski definition) is 3. The molecular weight excluding hydrogens is 280 g/mol. The molecule has 4 aliphatic rings. The quantitative estimate of drug-likeness (QED) is 0.842. The first kappa shape index (κ1) is 15.6. The van der Waals surface area contributed by atoms with Crippen LogP contribution in [0, 0.1) is 17.8 Å². The van der Waals surface area contributed by atoms with Gasteiger partial charge in [-0.15, -0.1) is 0 Å². The van der Waals surface area contributed by atoms with Crippen molar-refractivity contribution in [2.24, 2.45) is 17.8 Å². The molecule has 4 aliphatic carbocycles. The van der Waals surface area contributed by atoms with Gasteiger partial charge < -0.3 is 15.4 Å². The molecule has 0 unspecified atom stereocenters. The number of alkyl carbamates (subject to hydrolysis) is 1. The van der Waals surface area contributed by atoms with Gasteiger partial charge in [-0.3, -0.25) is 4.79 Å². The molecule has 5 nitrogen and oxygen atoms in total. The third-order valence-electron chi connectivity index (χ3n) is 5.23. The normalized spacial score (nSPS) is 36.0. The predicted octanol–water partition coefficient (Wildman–Crippen LogP) is 2.60. The van der Waals surface area contributed by atoms with Gasteiger partial charge >= 0.3 is 6.09 Å². The number of rotatable bonds is 3. The fourth-order valence-electron chi connectivity index (χ4n) is 5.07. The Morgan fingerprint density at radius 1 is 1.05 bits per heavy atom. The molecule has 2 amide bonds. The van der Waals surface area contributed by atoms with E-state index in [-0.39, 0.29) is 18.0 Å². The molecule has 0 radical (unpaired) electrons. The van der Waals surface area contributed by atoms with E-state index in [9.17, 15) is 9.59 Å². The smallest absolute Gasteiger partial charge is 0.408 e. The van der Waals surface area contributed by atoms with Gasteiger partial charge in [0, 0.05) is 5.54 Å². The van der Waals surface area contributed by atoms with Crippen LogP contribution in [-0.4, -0.2) is 29.7 Å². The molecule has 0 aliphatic heterocycles. The first-order valence-corrected chi connectivity index (χ1v) is 8.51. The van der Waals surface area contributed by atoms with Crippen LogP contribution in [0.1, 0.15) is 59.3 Å². The third-order valence-corrected chi connectivity index (χ3v) is 5.23. The van der Waals surface area contributed by atoms with Gasteiger partial charge in [0.05, 0.1) is 0 Å². The maximum Gasteiger partial charge on any atom is 0.408 e. The molecule has 4 bridgehead atoms. The fraction of sp³-hybridized carbons (Fsp3) is 0.882. The summed E-state index contributed by atoms with van der Waals surface area (Å²) in [7, 11) is 0. The SMILES string of the molecule is CC(C)(C)OC(=O)NCC(=O)NC12CC3CC(CC(C3)C1)C2. The topological polar surface area (TPSA) is 67.4 Å². The van der Waals surface area contributed by atoms with Gasteiger partial charge in [0.15, 0.2) is 0 Å². The summed E-state index contributed by atoms with van der Waals surface area (Å²) in [4.78, 5) is 23.8. The number of hydrogen-bond donors (Lipinski definition) is 2. The summed E-state index contributed by atoms with van der Waals surface area (Å²) in [6.45, 7) is 5.42. The summed E-state index contributed by atoms with van der Waals surface area (Å²) in [5.41, 5.74) is -0.540. The Morgan fingerprint density at radius 2 is 1.55 bits per heavy atom. The predicted molar refractivity (Wildman–Crippen MR) is 83.3 cm³/mol. The molecule has 4 rings (SSSR count). The van der Waals surface area contributed by atoms with Crippen molar-refractivity contribution in [2.45, 2.75) is 70.4 Å². The molecule has 0 aromatic rings. The highest BCUT2D eigenvalue weighted by molar-refractivity contribution is 5.82. The standard InChI is InChI=1S/C17H28N2O3/c1-16(2,3)22-15(21)18-10-14(20)19-17-7-11-4-12(8-17)6-13(5-11)9-17/h11-13H,4-10H2,1-3H3,(H,18,21)(H,19,20). The monoisotopic (exact) mass is 308 g/mol. The minimum Gasteiger partial charge on any atom is -0.444 e. The van der Waals surface area contributed by atoms with Crippen LogP contribution in [-0.2, 0) is 9.53 Å². The number of carbonyl (C=O) groups is 2. The van der Waals surface area contributed by atoms with Crippen molar-refractivity contribution in [3.8, 4) is 0 Å². The molecular formula is C17H28N2O3. The zero-order valence-electron chi connectivity index (χ0n) is 13.9. The Kier molecular flexibility index (Phi) is 3.86. The molecule has 4 saturated carbocycles. The Hall–Kier alpha value is -1.26. The molecule has 22 heavy (non-hydrogen) atoms. The van der Waals surface area contributed by atoms with Gasteiger partial charge in [0.2, 0.25) is 5.91 Å². The van der Waals surface area contributed by atoms with E-state index in [1.54, 1.807) is 0 Å². The highest BCUT2D eigenvalue weighted by atomic mass is 16.6. The highest BCUT2D eigenvalue weighted by Crippen LogP contribution is 2.55. The summed E-state index contributed by atoms with van der Waals surface area (Å²) in [6.07, 6.45) is 6.89. The third kappa shape index (κ3) is 3.55. The lowest BCUT2D eigenvalue weighted by Gasteiger charge is -2.56. The highest BCUT2D eigenvalue weighted by Gasteiger charge is 2.51. The Balaban J connectivity index is 1.49. The zero-order valence-corrected chi connectivity index (χ0v) is 13.9. The summed E-state index contributed by atoms with van der Waals surface area (Å²) in [6, 6.07) is 0. The molecule has 0 aromatic heterocycles. The molecule has 4 fully saturated rings. The first-order chi connectivity index (χ1) is 10.2. The molecule has 0 aromatic carbocycles. The van der Waals surface area contributed by atoms with Gasteiger partial charge in [0.1, 0.15) is 12.1 Å². The summed E-state index contributed by atoms with van der Waals surface area (Å²) in [5, 5.41) is 5.78. The maximum atomic E-state index is 12.2. The Bertz CT molecular complexity index is 432. The van der Waals surface area contributed by atoms with Crippen molar-refractivity contribution in [1.82, 2.24) is 10.6 Å². The lowest BCUT2D eigenvalue weighted by atomic mass is 9.53. The average molecular weight is 308 g/mol. The van der Waals surface area contributed by atoms with Crippen LogP contribution in [0.15, 0.2) is 0 Å². The van der Waals surface area contributed by atoms with Crippen LogP contribution in [0.3, 0.4) is 0 Å². The molecule has 124 valence electrons. The summed E-state index contributed by atoms with van der Waals surface area (Å²) < 4.78 is 5.15. The van der Waals surface area contributed by atoms with Crippen LogP contribution >= 0.6 is 0 Å². The van der Waals surface area contributed by atoms with Crippen LogP contribution in [0.5, 0.6) is 0 Å². The summed E-state index contributed by atoms with van der Waals surface area (Å²) >= 11 is 0. The molecule has 5 heteroatoms. The van der Waals surface area contributed by atoms with Gasteiger partial charge in [-0.2, -0.15) is 0 Å². The molecule has 2 N–H and O–H groups in total. The second kappa shape index (κ2) is 5.43. The van der Waals surface area contributed by atoms with Gasteiger partial charge in [-0.25, -0.2) is 4.79 Å². The molecule has 0 heterocycles. The van der Waals surface area contributed by atoms with Crippen molar-refractivity contribution >= 4 is 12.0 Å². The van der Waals surface area contributed by atoms with Crippen LogP contribution in [0.4, 0.5) is 4.79 Å². The van der Waals surface area contributed by atoms with Crippen LogP contribution < -0.4 is 10.6 Å². The van der Waals surface area contributed by atoms with E-state index in [1.807, 2.05) is 20.8 Å². The van der Waals surface area contributed by atoms with Crippen molar-refractivity contribution in [3.63, 3.8) is 0 Å². The van der Waals surface area contributed by atoms with E-state index in [2.05, 4.69) is 10.6 Å². The number of ether oxygens (including phenoxy) is 1. The average Bonchev–Trinajstić information content (AvgIpc) is 2.32. The van der Waals surface area contributed by atoms with E-state index < -0.39 is 11.7 Å². The van der Waals surface area contributed by atoms with E-state index in [1.165, 1.54) is 19.3 Å². The van der Waals surface area contributed by atoms with Crippen molar-refractivity contribution in [3.05, 3.63) is 0 Å². The van der Waals surface area contributed by atoms with Crippen molar-refractivity contribution < 1.29 is 14.3 Å². The summed E-state index contributed by atoms with van der Waals surface area (Å²) in [5.74, 6) is 2.30. The van der Waals surface area contributed by atoms with Crippen molar-refractivity contribution in [2.75, 3.05) is 6.54 Å². The van der Waals surface area contributed by atoms with Crippen LogP contribution in [0.25, 0.3) is 0 Å². The van der Waals surface area contributed by atoms with Crippen molar-refractivity contribution in [1.29, 1.82) is 0 Å². The lowest BCUT2D eigenvalue weighted by Crippen LogP contribution is -2.61. The first-order valence-electron chi connectivity index (χ1n) is 8.51. The Labute approximate surface area is 132 Å². The molecule has 0 spiro atoms. The van der Waals surface area contributed by atoms with Gasteiger partial charge in [-0.05, 0) is 77.0 Å². The minimum absolute atomic E-state index is 0.00143. The second-order valence-electron chi connectivity index (χ2n) is 8.60. The minimum atomic E-state index is -0.541. The number of amides is 2. The number of carbonyl (C=O) groups excluding carboxylic acids is 2. The Morgan fingerprint density at radius 3 is 2.00 bits per heavy atom. The molecule has 0 atom stereocenters. The van der Waals surface area contributed by atoms with Gasteiger partial charge in [-0.1, -0.05) is 0 Å². The van der Waals surface area contributed by atoms with Gasteiger partial charge in [0.25, 0.3) is 0 Å². The van der Waals surface area contributed by atoms with E-state index in [0.29, 0.717) is 0 Å². The second-order valence-corrected chi connectivity index (χ2v) is 8.60. The molecule has 0 saturated heterocycles. The lowest BCUT2D eigenvalue weighted by molar-refractivity contribution is -0.126. The van der Waals surface area contributed by atoms with E-state index in [4.69, 9.17) is 4.74 Å². The fourth-order valence-corrected chi connectivity index (χ4v) is 5.07. The van der Waals surface area contributed by atoms with Crippen LogP contribution in [0.2, 0.25) is 0 Å².